The van der Waals surface area contributed by atoms with Crippen LogP contribution in [0.15, 0.2) is 24.3 Å². The lowest BCUT2D eigenvalue weighted by molar-refractivity contribution is -0.133. The van der Waals surface area contributed by atoms with E-state index in [0.717, 1.165) is 30.9 Å². The molecule has 0 bridgehead atoms. The van der Waals surface area contributed by atoms with Gasteiger partial charge in [0.05, 0.1) is 13.0 Å². The predicted octanol–water partition coefficient (Wildman–Crippen LogP) is 1.62. The van der Waals surface area contributed by atoms with Gasteiger partial charge >= 0.3 is 0 Å². The van der Waals surface area contributed by atoms with Crippen molar-refractivity contribution in [3.63, 3.8) is 0 Å². The lowest BCUT2D eigenvalue weighted by atomic mass is 9.99. The van der Waals surface area contributed by atoms with Gasteiger partial charge in [-0.05, 0) is 31.5 Å². The van der Waals surface area contributed by atoms with E-state index in [2.05, 4.69) is 12.2 Å². The van der Waals surface area contributed by atoms with Crippen LogP contribution in [-0.4, -0.2) is 43.6 Å². The average Bonchev–Trinajstić information content (AvgIpc) is 2.46. The van der Waals surface area contributed by atoms with E-state index in [9.17, 15) is 4.79 Å². The van der Waals surface area contributed by atoms with Gasteiger partial charge in [-0.1, -0.05) is 12.1 Å². The van der Waals surface area contributed by atoms with E-state index >= 15 is 0 Å². The molecule has 1 aliphatic heterocycles. The first-order chi connectivity index (χ1) is 9.11. The van der Waals surface area contributed by atoms with Gasteiger partial charge in [0.2, 0.25) is 5.91 Å². The first-order valence-corrected chi connectivity index (χ1v) is 6.78. The number of ether oxygens (including phenoxy) is 1. The maximum Gasteiger partial charge on any atom is 0.229 e. The van der Waals surface area contributed by atoms with E-state index in [1.54, 1.807) is 7.11 Å². The van der Waals surface area contributed by atoms with Gasteiger partial charge in [-0.15, -0.1) is 0 Å². The van der Waals surface area contributed by atoms with E-state index in [-0.39, 0.29) is 11.8 Å². The third-order valence-corrected chi connectivity index (χ3v) is 3.67. The van der Waals surface area contributed by atoms with Crippen LogP contribution in [0, 0.1) is 0 Å². The molecule has 4 nitrogen and oxygen atoms in total. The Kier molecular flexibility index (Phi) is 4.43. The van der Waals surface area contributed by atoms with E-state index in [1.807, 2.05) is 36.1 Å². The second kappa shape index (κ2) is 6.06. The van der Waals surface area contributed by atoms with Gasteiger partial charge in [0, 0.05) is 25.7 Å². The normalized spacial score (nSPS) is 21.0. The van der Waals surface area contributed by atoms with Gasteiger partial charge in [-0.2, -0.15) is 0 Å². The zero-order valence-electron chi connectivity index (χ0n) is 11.8. The van der Waals surface area contributed by atoms with E-state index in [4.69, 9.17) is 4.74 Å². The van der Waals surface area contributed by atoms with Crippen LogP contribution in [0.4, 0.5) is 0 Å². The summed E-state index contributed by atoms with van der Waals surface area (Å²) in [4.78, 5) is 14.4. The molecule has 2 atom stereocenters. The molecule has 1 aromatic rings. The summed E-state index contributed by atoms with van der Waals surface area (Å²) in [6, 6.07) is 8.11. The molecule has 1 aromatic carbocycles. The number of piperazine rings is 1. The molecule has 1 N–H and O–H groups in total. The molecule has 1 saturated heterocycles. The molecule has 1 aliphatic rings. The first-order valence-electron chi connectivity index (χ1n) is 6.78. The van der Waals surface area contributed by atoms with Crippen LogP contribution >= 0.6 is 0 Å². The van der Waals surface area contributed by atoms with Crippen LogP contribution in [-0.2, 0) is 4.79 Å². The number of amides is 1. The Balaban J connectivity index is 2.05. The SMILES string of the molecule is COc1ccc(C(C)C(=O)N2CCN[C@H](C)C2)cc1. The van der Waals surface area contributed by atoms with E-state index in [0.29, 0.717) is 6.04 Å². The van der Waals surface area contributed by atoms with Gasteiger partial charge in [-0.3, -0.25) is 4.79 Å². The zero-order chi connectivity index (χ0) is 13.8. The highest BCUT2D eigenvalue weighted by atomic mass is 16.5. The third-order valence-electron chi connectivity index (χ3n) is 3.67. The molecule has 1 unspecified atom stereocenters. The molecule has 0 aliphatic carbocycles. The Labute approximate surface area is 114 Å². The third kappa shape index (κ3) is 3.26. The summed E-state index contributed by atoms with van der Waals surface area (Å²) < 4.78 is 5.14. The molecule has 1 amide bonds. The lowest BCUT2D eigenvalue weighted by Crippen LogP contribution is -2.52. The average molecular weight is 262 g/mol. The van der Waals surface area contributed by atoms with Crippen molar-refractivity contribution in [2.24, 2.45) is 0 Å². The Bertz CT molecular complexity index is 430. The molecule has 4 heteroatoms. The topological polar surface area (TPSA) is 41.6 Å². The highest BCUT2D eigenvalue weighted by Crippen LogP contribution is 2.21. The number of nitrogens with one attached hydrogen (secondary N) is 1. The molecule has 0 saturated carbocycles. The molecule has 0 spiro atoms. The minimum Gasteiger partial charge on any atom is -0.497 e. The number of benzene rings is 1. The Hall–Kier alpha value is -1.55. The Morgan fingerprint density at radius 1 is 1.42 bits per heavy atom. The van der Waals surface area contributed by atoms with Crippen LogP contribution in [0.3, 0.4) is 0 Å². The Morgan fingerprint density at radius 2 is 2.11 bits per heavy atom. The maximum atomic E-state index is 12.5. The minimum atomic E-state index is -0.101. The summed E-state index contributed by atoms with van der Waals surface area (Å²) in [7, 11) is 1.64. The highest BCUT2D eigenvalue weighted by molar-refractivity contribution is 5.83. The molecule has 0 radical (unpaired) electrons. The van der Waals surface area contributed by atoms with Gasteiger partial charge in [0.15, 0.2) is 0 Å². The summed E-state index contributed by atoms with van der Waals surface area (Å²) in [5.41, 5.74) is 1.04. The fraction of sp³-hybridized carbons (Fsp3) is 0.533. The van der Waals surface area contributed by atoms with Crippen LogP contribution in [0.25, 0.3) is 0 Å². The monoisotopic (exact) mass is 262 g/mol. The molecule has 0 aromatic heterocycles. The Morgan fingerprint density at radius 3 is 2.68 bits per heavy atom. The summed E-state index contributed by atoms with van der Waals surface area (Å²) in [6.45, 7) is 6.54. The maximum absolute atomic E-state index is 12.5. The molecule has 2 rings (SSSR count). The standard InChI is InChI=1S/C15H22N2O2/c1-11-10-17(9-8-16-11)15(18)12(2)13-4-6-14(19-3)7-5-13/h4-7,11-12,16H,8-10H2,1-3H3/t11-,12?/m1/s1. The van der Waals surface area contributed by atoms with Gasteiger partial charge in [-0.25, -0.2) is 0 Å². The summed E-state index contributed by atoms with van der Waals surface area (Å²) in [6.07, 6.45) is 0. The first kappa shape index (κ1) is 13.9. The fourth-order valence-electron chi connectivity index (χ4n) is 2.44. The van der Waals surface area contributed by atoms with Crippen molar-refractivity contribution < 1.29 is 9.53 Å². The quantitative estimate of drug-likeness (QED) is 0.900. The van der Waals surface area contributed by atoms with Crippen molar-refractivity contribution in [2.75, 3.05) is 26.7 Å². The summed E-state index contributed by atoms with van der Waals surface area (Å²) >= 11 is 0. The minimum absolute atomic E-state index is 0.101. The van der Waals surface area contributed by atoms with Crippen molar-refractivity contribution in [3.8, 4) is 5.75 Å². The molecule has 19 heavy (non-hydrogen) atoms. The predicted molar refractivity (Wildman–Crippen MR) is 75.5 cm³/mol. The second-order valence-corrected chi connectivity index (χ2v) is 5.13. The van der Waals surface area contributed by atoms with Crippen molar-refractivity contribution >= 4 is 5.91 Å². The number of rotatable bonds is 3. The molecule has 1 fully saturated rings. The smallest absolute Gasteiger partial charge is 0.229 e. The fourth-order valence-corrected chi connectivity index (χ4v) is 2.44. The lowest BCUT2D eigenvalue weighted by Gasteiger charge is -2.33. The zero-order valence-corrected chi connectivity index (χ0v) is 11.8. The molecule has 1 heterocycles. The van der Waals surface area contributed by atoms with Gasteiger partial charge < -0.3 is 15.0 Å². The van der Waals surface area contributed by atoms with Gasteiger partial charge in [0.1, 0.15) is 5.75 Å². The van der Waals surface area contributed by atoms with Crippen molar-refractivity contribution in [1.82, 2.24) is 10.2 Å². The summed E-state index contributed by atoms with van der Waals surface area (Å²) in [5.74, 6) is 0.925. The van der Waals surface area contributed by atoms with Crippen molar-refractivity contribution in [2.45, 2.75) is 25.8 Å². The van der Waals surface area contributed by atoms with E-state index < -0.39 is 0 Å². The van der Waals surface area contributed by atoms with Gasteiger partial charge in [0.25, 0.3) is 0 Å². The number of hydrogen-bond acceptors (Lipinski definition) is 3. The van der Waals surface area contributed by atoms with E-state index in [1.165, 1.54) is 0 Å². The summed E-state index contributed by atoms with van der Waals surface area (Å²) in [5, 5.41) is 3.35. The van der Waals surface area contributed by atoms with Crippen molar-refractivity contribution in [1.29, 1.82) is 0 Å². The molecular formula is C15H22N2O2. The second-order valence-electron chi connectivity index (χ2n) is 5.13. The van der Waals surface area contributed by atoms with Crippen LogP contribution in [0.2, 0.25) is 0 Å². The van der Waals surface area contributed by atoms with Crippen LogP contribution in [0.5, 0.6) is 5.75 Å². The number of carbonyl (C=O) groups is 1. The van der Waals surface area contributed by atoms with Crippen molar-refractivity contribution in [3.05, 3.63) is 29.8 Å². The molecular weight excluding hydrogens is 240 g/mol. The highest BCUT2D eigenvalue weighted by Gasteiger charge is 2.25. The number of methoxy groups -OCH3 is 1. The largest absolute Gasteiger partial charge is 0.497 e. The molecule has 104 valence electrons. The number of nitrogens with zero attached hydrogens (tertiary/aromatic N) is 1. The number of hydrogen-bond donors (Lipinski definition) is 1. The number of carbonyl (C=O) groups excluding carboxylic acids is 1. The van der Waals surface area contributed by atoms with Crippen LogP contribution < -0.4 is 10.1 Å². The van der Waals surface area contributed by atoms with Crippen LogP contribution in [0.1, 0.15) is 25.3 Å².